The van der Waals surface area contributed by atoms with Gasteiger partial charge < -0.3 is 15.3 Å². The number of hydrogen-bond donors (Lipinski definition) is 2. The number of amides is 2. The highest BCUT2D eigenvalue weighted by Crippen LogP contribution is 2.31. The van der Waals surface area contributed by atoms with Crippen LogP contribution in [0.1, 0.15) is 20.3 Å². The molecule has 0 radical (unpaired) electrons. The molecule has 0 saturated carbocycles. The highest BCUT2D eigenvalue weighted by molar-refractivity contribution is 7.99. The summed E-state index contributed by atoms with van der Waals surface area (Å²) in [4.78, 5) is 26.7. The van der Waals surface area contributed by atoms with Crippen molar-refractivity contribution in [2.75, 3.05) is 29.5 Å². The van der Waals surface area contributed by atoms with Gasteiger partial charge in [-0.2, -0.15) is 11.8 Å². The summed E-state index contributed by atoms with van der Waals surface area (Å²) < 4.78 is 0. The largest absolute Gasteiger partial charge is 0.390 e. The smallest absolute Gasteiger partial charge is 0.227 e. The summed E-state index contributed by atoms with van der Waals surface area (Å²) >= 11 is 1.60. The van der Waals surface area contributed by atoms with Crippen molar-refractivity contribution < 1.29 is 14.7 Å². The van der Waals surface area contributed by atoms with Crippen LogP contribution in [0.5, 0.6) is 0 Å². The van der Waals surface area contributed by atoms with Crippen LogP contribution < -0.4 is 10.2 Å². The molecule has 0 bridgehead atoms. The van der Waals surface area contributed by atoms with Gasteiger partial charge in [-0.05, 0) is 25.3 Å². The fourth-order valence-electron chi connectivity index (χ4n) is 3.27. The number of fused-ring (bicyclic) bond motifs is 1. The number of thioether (sulfide) groups is 1. The van der Waals surface area contributed by atoms with Crippen LogP contribution in [0.4, 0.5) is 5.69 Å². The van der Waals surface area contributed by atoms with E-state index in [1.54, 1.807) is 30.5 Å². The summed E-state index contributed by atoms with van der Waals surface area (Å²) in [5, 5.41) is 14.7. The van der Waals surface area contributed by atoms with Crippen LogP contribution in [0.3, 0.4) is 0 Å². The maximum Gasteiger partial charge on any atom is 0.227 e. The van der Waals surface area contributed by atoms with E-state index in [1.807, 2.05) is 42.5 Å². The number of nitrogens with one attached hydrogen (secondary N) is 1. The van der Waals surface area contributed by atoms with Crippen molar-refractivity contribution in [3.63, 3.8) is 0 Å². The molecule has 1 aliphatic heterocycles. The molecule has 2 aromatic rings. The molecule has 5 nitrogen and oxygen atoms in total. The van der Waals surface area contributed by atoms with Gasteiger partial charge in [-0.25, -0.2) is 0 Å². The zero-order chi connectivity index (χ0) is 19.4. The predicted octanol–water partition coefficient (Wildman–Crippen LogP) is 2.81. The molecule has 2 aromatic carbocycles. The minimum Gasteiger partial charge on any atom is -0.390 e. The molecule has 0 aliphatic carbocycles. The van der Waals surface area contributed by atoms with Gasteiger partial charge in [0.1, 0.15) is 0 Å². The second-order valence-electron chi connectivity index (χ2n) is 7.56. The lowest BCUT2D eigenvalue weighted by molar-refractivity contribution is -0.126. The zero-order valence-corrected chi connectivity index (χ0v) is 16.6. The molecule has 144 valence electrons. The maximum atomic E-state index is 12.5. The van der Waals surface area contributed by atoms with Gasteiger partial charge in [0.2, 0.25) is 11.8 Å². The first-order valence-corrected chi connectivity index (χ1v) is 10.4. The van der Waals surface area contributed by atoms with Crippen molar-refractivity contribution in [1.82, 2.24) is 5.32 Å². The minimum atomic E-state index is -0.703. The van der Waals surface area contributed by atoms with Crippen molar-refractivity contribution in [2.24, 2.45) is 5.92 Å². The zero-order valence-electron chi connectivity index (χ0n) is 15.8. The van der Waals surface area contributed by atoms with E-state index in [0.29, 0.717) is 18.8 Å². The Morgan fingerprint density at radius 2 is 2.00 bits per heavy atom. The molecule has 3 rings (SSSR count). The lowest BCUT2D eigenvalue weighted by Gasteiger charge is -2.19. The second kappa shape index (κ2) is 8.31. The highest BCUT2D eigenvalue weighted by atomic mass is 32.2. The number of nitrogens with zero attached hydrogens (tertiary/aromatic N) is 1. The Bertz CT molecular complexity index is 826. The van der Waals surface area contributed by atoms with Crippen LogP contribution in [-0.4, -0.2) is 47.1 Å². The quantitative estimate of drug-likeness (QED) is 0.718. The first-order valence-electron chi connectivity index (χ1n) is 9.21. The van der Waals surface area contributed by atoms with Crippen LogP contribution in [-0.2, 0) is 9.59 Å². The summed E-state index contributed by atoms with van der Waals surface area (Å²) in [5.74, 6) is 0.955. The number of hydrogen-bond acceptors (Lipinski definition) is 4. The van der Waals surface area contributed by atoms with Crippen LogP contribution in [0.2, 0.25) is 0 Å². The normalized spacial score (nSPS) is 17.5. The Morgan fingerprint density at radius 3 is 2.78 bits per heavy atom. The molecule has 0 unspecified atom stereocenters. The average Bonchev–Trinajstić information content (AvgIpc) is 3.01. The Balaban J connectivity index is 1.58. The first-order chi connectivity index (χ1) is 12.8. The van der Waals surface area contributed by atoms with Gasteiger partial charge in [-0.15, -0.1) is 0 Å². The van der Waals surface area contributed by atoms with Crippen LogP contribution in [0.15, 0.2) is 42.5 Å². The van der Waals surface area contributed by atoms with E-state index >= 15 is 0 Å². The van der Waals surface area contributed by atoms with Gasteiger partial charge in [-0.1, -0.05) is 36.4 Å². The summed E-state index contributed by atoms with van der Waals surface area (Å²) in [7, 11) is 0. The Kier molecular flexibility index (Phi) is 6.07. The molecule has 1 aliphatic rings. The Labute approximate surface area is 164 Å². The summed E-state index contributed by atoms with van der Waals surface area (Å²) in [6.45, 7) is 4.49. The first kappa shape index (κ1) is 19.7. The van der Waals surface area contributed by atoms with Crippen LogP contribution in [0.25, 0.3) is 10.8 Å². The van der Waals surface area contributed by atoms with Gasteiger partial charge in [-0.3, -0.25) is 9.59 Å². The molecular weight excluding hydrogens is 360 g/mol. The average molecular weight is 387 g/mol. The third-order valence-corrected chi connectivity index (χ3v) is 5.96. The molecule has 1 atom stereocenters. The van der Waals surface area contributed by atoms with Crippen molar-refractivity contribution in [1.29, 1.82) is 0 Å². The van der Waals surface area contributed by atoms with Crippen LogP contribution in [0, 0.1) is 5.92 Å². The number of carbonyl (C=O) groups is 2. The number of benzene rings is 2. The third kappa shape index (κ3) is 5.02. The summed E-state index contributed by atoms with van der Waals surface area (Å²) in [5.41, 5.74) is 0.167. The van der Waals surface area contributed by atoms with Crippen molar-refractivity contribution in [3.05, 3.63) is 42.5 Å². The van der Waals surface area contributed by atoms with Gasteiger partial charge in [0, 0.05) is 36.4 Å². The fourth-order valence-corrected chi connectivity index (χ4v) is 4.16. The van der Waals surface area contributed by atoms with Crippen molar-refractivity contribution >= 4 is 40.0 Å². The van der Waals surface area contributed by atoms with E-state index in [2.05, 4.69) is 5.32 Å². The van der Waals surface area contributed by atoms with E-state index < -0.39 is 5.60 Å². The van der Waals surface area contributed by atoms with Gasteiger partial charge in [0.15, 0.2) is 0 Å². The topological polar surface area (TPSA) is 69.6 Å². The van der Waals surface area contributed by atoms with E-state index in [1.165, 1.54) is 0 Å². The summed E-state index contributed by atoms with van der Waals surface area (Å²) in [6.07, 6.45) is 0.242. The molecule has 27 heavy (non-hydrogen) atoms. The van der Waals surface area contributed by atoms with Crippen molar-refractivity contribution in [2.45, 2.75) is 25.9 Å². The van der Waals surface area contributed by atoms with E-state index in [0.717, 1.165) is 22.2 Å². The Morgan fingerprint density at radius 1 is 1.26 bits per heavy atom. The molecule has 0 spiro atoms. The van der Waals surface area contributed by atoms with Gasteiger partial charge in [0.25, 0.3) is 0 Å². The molecule has 6 heteroatoms. The molecule has 1 saturated heterocycles. The second-order valence-corrected chi connectivity index (χ2v) is 8.66. The number of rotatable bonds is 7. The minimum absolute atomic E-state index is 0.0112. The van der Waals surface area contributed by atoms with E-state index in [9.17, 15) is 14.7 Å². The number of aliphatic hydroxyl groups is 1. The van der Waals surface area contributed by atoms with Gasteiger partial charge in [0.05, 0.1) is 17.2 Å². The highest BCUT2D eigenvalue weighted by Gasteiger charge is 2.35. The maximum absolute atomic E-state index is 12.5. The molecule has 1 fully saturated rings. The molecule has 1 heterocycles. The molecule has 2 N–H and O–H groups in total. The lowest BCUT2D eigenvalue weighted by Crippen LogP contribution is -2.34. The number of anilines is 1. The van der Waals surface area contributed by atoms with Gasteiger partial charge >= 0.3 is 0 Å². The van der Waals surface area contributed by atoms with Crippen LogP contribution >= 0.6 is 11.8 Å². The molecule has 0 aromatic heterocycles. The monoisotopic (exact) mass is 386 g/mol. The summed E-state index contributed by atoms with van der Waals surface area (Å²) in [6, 6.07) is 13.9. The molecular formula is C21H26N2O3S. The third-order valence-electron chi connectivity index (χ3n) is 4.55. The van der Waals surface area contributed by atoms with Crippen molar-refractivity contribution in [3.8, 4) is 0 Å². The van der Waals surface area contributed by atoms with E-state index in [-0.39, 0.29) is 24.2 Å². The SMILES string of the molecule is CC(C)(O)CSCCNC(=O)[C@H]1CC(=O)N(c2cccc3ccccc23)C1. The lowest BCUT2D eigenvalue weighted by atomic mass is 10.1. The Hall–Kier alpha value is -2.05. The number of carbonyl (C=O) groups excluding carboxylic acids is 2. The van der Waals surface area contributed by atoms with E-state index in [4.69, 9.17) is 0 Å². The fraction of sp³-hybridized carbons (Fsp3) is 0.429. The molecule has 2 amide bonds. The standard InChI is InChI=1S/C21H26N2O3S/c1-21(2,26)14-27-11-10-22-20(25)16-12-19(24)23(13-16)18-9-5-7-15-6-3-4-8-17(15)18/h3-9,16,26H,10-14H2,1-2H3,(H,22,25)/t16-/m0/s1. The predicted molar refractivity (Wildman–Crippen MR) is 111 cm³/mol.